The van der Waals surface area contributed by atoms with Crippen molar-refractivity contribution in [3.8, 4) is 6.07 Å². The number of nitrogens with zero attached hydrogens (tertiary/aromatic N) is 3. The fraction of sp³-hybridized carbons (Fsp3) is 0.545. The topological polar surface area (TPSA) is 61.6 Å². The Morgan fingerprint density at radius 2 is 2.44 bits per heavy atom. The van der Waals surface area contributed by atoms with Crippen LogP contribution in [0.3, 0.4) is 0 Å². The van der Waals surface area contributed by atoms with E-state index in [0.29, 0.717) is 11.8 Å². The monoisotopic (exact) mass is 234 g/mol. The van der Waals surface area contributed by atoms with Gasteiger partial charge in [-0.15, -0.1) is 11.8 Å². The summed E-state index contributed by atoms with van der Waals surface area (Å²) in [6, 6.07) is 2.87. The summed E-state index contributed by atoms with van der Waals surface area (Å²) in [6.07, 6.45) is 7.41. The summed E-state index contributed by atoms with van der Waals surface area (Å²) in [5, 5.41) is 13.4. The minimum atomic E-state index is -0.469. The van der Waals surface area contributed by atoms with E-state index in [0.717, 1.165) is 5.03 Å². The van der Waals surface area contributed by atoms with Crippen LogP contribution in [0.5, 0.6) is 0 Å². The molecule has 1 aromatic heterocycles. The lowest BCUT2D eigenvalue weighted by atomic mass is 10.1. The largest absolute Gasteiger partial charge is 0.296 e. The van der Waals surface area contributed by atoms with Crippen molar-refractivity contribution in [1.29, 1.82) is 5.26 Å². The van der Waals surface area contributed by atoms with Crippen molar-refractivity contribution in [1.82, 2.24) is 15.3 Å². The van der Waals surface area contributed by atoms with E-state index in [-0.39, 0.29) is 0 Å². The van der Waals surface area contributed by atoms with Crippen molar-refractivity contribution in [3.05, 3.63) is 18.6 Å². The van der Waals surface area contributed by atoms with E-state index >= 15 is 0 Å². The van der Waals surface area contributed by atoms with Crippen LogP contribution in [-0.2, 0) is 0 Å². The molecule has 4 nitrogen and oxygen atoms in total. The summed E-state index contributed by atoms with van der Waals surface area (Å²) in [5.41, 5.74) is -0.469. The highest BCUT2D eigenvalue weighted by atomic mass is 32.2. The maximum atomic E-state index is 9.18. The van der Waals surface area contributed by atoms with E-state index < -0.39 is 5.54 Å². The first-order chi connectivity index (χ1) is 7.72. The van der Waals surface area contributed by atoms with Gasteiger partial charge in [0.2, 0.25) is 0 Å². The number of nitrogens with one attached hydrogen (secondary N) is 1. The molecule has 1 unspecified atom stereocenters. The van der Waals surface area contributed by atoms with Crippen LogP contribution >= 0.6 is 11.8 Å². The van der Waals surface area contributed by atoms with Crippen molar-refractivity contribution in [2.75, 3.05) is 5.75 Å². The fourth-order valence-corrected chi connectivity index (χ4v) is 2.22. The van der Waals surface area contributed by atoms with Gasteiger partial charge >= 0.3 is 0 Å². The molecule has 0 aliphatic heterocycles. The van der Waals surface area contributed by atoms with E-state index in [2.05, 4.69) is 21.4 Å². The molecule has 0 bridgehead atoms. The summed E-state index contributed by atoms with van der Waals surface area (Å²) in [7, 11) is 0. The number of thioether (sulfide) groups is 1. The highest BCUT2D eigenvalue weighted by Gasteiger charge is 2.32. The second kappa shape index (κ2) is 4.81. The van der Waals surface area contributed by atoms with Crippen molar-refractivity contribution in [2.24, 2.45) is 0 Å². The number of hydrogen-bond acceptors (Lipinski definition) is 5. The molecule has 0 aromatic carbocycles. The fourth-order valence-electron chi connectivity index (χ4n) is 1.36. The van der Waals surface area contributed by atoms with Crippen molar-refractivity contribution < 1.29 is 0 Å². The third-order valence-electron chi connectivity index (χ3n) is 2.40. The van der Waals surface area contributed by atoms with E-state index in [9.17, 15) is 5.26 Å². The smallest absolute Gasteiger partial charge is 0.114 e. The van der Waals surface area contributed by atoms with Crippen LogP contribution < -0.4 is 5.32 Å². The van der Waals surface area contributed by atoms with E-state index in [1.807, 2.05) is 6.92 Å². The van der Waals surface area contributed by atoms with Crippen LogP contribution in [0.2, 0.25) is 0 Å². The van der Waals surface area contributed by atoms with Crippen LogP contribution in [-0.4, -0.2) is 27.3 Å². The molecule has 1 aliphatic carbocycles. The highest BCUT2D eigenvalue weighted by molar-refractivity contribution is 7.99. The summed E-state index contributed by atoms with van der Waals surface area (Å²) in [4.78, 5) is 8.17. The molecule has 0 radical (unpaired) electrons. The zero-order valence-electron chi connectivity index (χ0n) is 9.18. The molecule has 0 spiro atoms. The molecule has 0 saturated heterocycles. The van der Waals surface area contributed by atoms with Gasteiger partial charge in [0.15, 0.2) is 0 Å². The maximum Gasteiger partial charge on any atom is 0.114 e. The highest BCUT2D eigenvalue weighted by Crippen LogP contribution is 2.25. The average Bonchev–Trinajstić information content (AvgIpc) is 3.12. The van der Waals surface area contributed by atoms with Gasteiger partial charge in [-0.25, -0.2) is 4.98 Å². The van der Waals surface area contributed by atoms with Crippen LogP contribution in [0, 0.1) is 11.3 Å². The molecule has 1 fully saturated rings. The Morgan fingerprint density at radius 3 is 3.00 bits per heavy atom. The first kappa shape index (κ1) is 11.4. The minimum absolute atomic E-state index is 0.469. The van der Waals surface area contributed by atoms with Gasteiger partial charge in [-0.1, -0.05) is 0 Å². The Labute approximate surface area is 99.5 Å². The third kappa shape index (κ3) is 3.19. The lowest BCUT2D eigenvalue weighted by Crippen LogP contribution is -2.44. The van der Waals surface area contributed by atoms with Crippen LogP contribution in [0.15, 0.2) is 23.6 Å². The summed E-state index contributed by atoms with van der Waals surface area (Å²) in [5.74, 6) is 0.693. The Morgan fingerprint density at radius 1 is 1.62 bits per heavy atom. The molecular formula is C11H14N4S. The van der Waals surface area contributed by atoms with Gasteiger partial charge in [-0.2, -0.15) is 5.26 Å². The molecule has 1 saturated carbocycles. The van der Waals surface area contributed by atoms with Gasteiger partial charge in [0.25, 0.3) is 0 Å². The lowest BCUT2D eigenvalue weighted by Gasteiger charge is -2.22. The first-order valence-electron chi connectivity index (χ1n) is 5.30. The molecule has 84 valence electrons. The lowest BCUT2D eigenvalue weighted by molar-refractivity contribution is 0.490. The van der Waals surface area contributed by atoms with Gasteiger partial charge in [-0.3, -0.25) is 10.3 Å². The molecule has 1 heterocycles. The number of aromatic nitrogens is 2. The van der Waals surface area contributed by atoms with Gasteiger partial charge in [0.1, 0.15) is 10.6 Å². The van der Waals surface area contributed by atoms with Gasteiger partial charge < -0.3 is 0 Å². The second-order valence-electron chi connectivity index (χ2n) is 4.19. The molecule has 5 heteroatoms. The quantitative estimate of drug-likeness (QED) is 0.784. The third-order valence-corrected chi connectivity index (χ3v) is 3.62. The van der Waals surface area contributed by atoms with Gasteiger partial charge in [0, 0.05) is 24.2 Å². The number of nitriles is 1. The number of hydrogen-bond donors (Lipinski definition) is 1. The molecule has 16 heavy (non-hydrogen) atoms. The minimum Gasteiger partial charge on any atom is -0.296 e. The molecule has 2 rings (SSSR count). The Kier molecular flexibility index (Phi) is 3.42. The van der Waals surface area contributed by atoms with Gasteiger partial charge in [0.05, 0.1) is 12.3 Å². The van der Waals surface area contributed by atoms with Crippen molar-refractivity contribution in [2.45, 2.75) is 36.4 Å². The molecule has 1 aromatic rings. The summed E-state index contributed by atoms with van der Waals surface area (Å²) in [6.45, 7) is 1.94. The van der Waals surface area contributed by atoms with E-state index in [1.54, 1.807) is 30.4 Å². The van der Waals surface area contributed by atoms with Crippen molar-refractivity contribution >= 4 is 11.8 Å². The van der Waals surface area contributed by atoms with Crippen LogP contribution in [0.25, 0.3) is 0 Å². The Hall–Kier alpha value is -1.12. The zero-order valence-corrected chi connectivity index (χ0v) is 10.00. The zero-order chi connectivity index (χ0) is 11.4. The first-order valence-corrected chi connectivity index (χ1v) is 6.28. The predicted molar refractivity (Wildman–Crippen MR) is 62.9 cm³/mol. The van der Waals surface area contributed by atoms with Crippen LogP contribution in [0.1, 0.15) is 19.8 Å². The normalized spacial score (nSPS) is 18.8. The Balaban J connectivity index is 1.89. The van der Waals surface area contributed by atoms with E-state index in [1.165, 1.54) is 12.8 Å². The molecular weight excluding hydrogens is 220 g/mol. The SMILES string of the molecule is CC(C#N)(CSc1cnccn1)NC1CC1. The number of rotatable bonds is 5. The summed E-state index contributed by atoms with van der Waals surface area (Å²) < 4.78 is 0. The Bertz CT molecular complexity index is 385. The van der Waals surface area contributed by atoms with E-state index in [4.69, 9.17) is 0 Å². The van der Waals surface area contributed by atoms with Crippen LogP contribution in [0.4, 0.5) is 0 Å². The standard InChI is InChI=1S/C11H14N4S/c1-11(7-12,15-9-2-3-9)8-16-10-6-13-4-5-14-10/h4-6,9,15H,2-3,8H2,1H3. The van der Waals surface area contributed by atoms with Gasteiger partial charge in [-0.05, 0) is 19.8 Å². The molecule has 1 atom stereocenters. The average molecular weight is 234 g/mol. The second-order valence-corrected chi connectivity index (χ2v) is 5.19. The molecule has 1 N–H and O–H groups in total. The molecule has 0 amide bonds. The summed E-state index contributed by atoms with van der Waals surface area (Å²) >= 11 is 1.56. The van der Waals surface area contributed by atoms with Crippen molar-refractivity contribution in [3.63, 3.8) is 0 Å². The predicted octanol–water partition coefficient (Wildman–Crippen LogP) is 1.60. The maximum absolute atomic E-state index is 9.18. The molecule has 1 aliphatic rings.